The molecule has 3 heterocycles. The molecule has 0 spiro atoms. The minimum atomic E-state index is -0.139. The van der Waals surface area contributed by atoms with Crippen LogP contribution in [0.3, 0.4) is 0 Å². The summed E-state index contributed by atoms with van der Waals surface area (Å²) in [7, 11) is 0. The average Bonchev–Trinajstić information content (AvgIpc) is 2.90. The van der Waals surface area contributed by atoms with Crippen molar-refractivity contribution < 1.29 is 4.39 Å². The molecule has 1 aromatic carbocycles. The molecule has 0 unspecified atom stereocenters. The second-order valence-electron chi connectivity index (χ2n) is 7.47. The van der Waals surface area contributed by atoms with Crippen molar-refractivity contribution in [3.05, 3.63) is 81.7 Å². The fourth-order valence-corrected chi connectivity index (χ4v) is 3.83. The Morgan fingerprint density at radius 2 is 1.75 bits per heavy atom. The fraction of sp³-hybridized carbons (Fsp3) is 0.364. The Hall–Kier alpha value is -2.57. The summed E-state index contributed by atoms with van der Waals surface area (Å²) in [6.07, 6.45) is 2.77. The van der Waals surface area contributed by atoms with Crippen LogP contribution in [-0.4, -0.2) is 45.4 Å². The molecule has 28 heavy (non-hydrogen) atoms. The number of hydrogen-bond acceptors (Lipinski definition) is 4. The first-order chi connectivity index (χ1) is 13.6. The molecule has 0 amide bonds. The highest BCUT2D eigenvalue weighted by Gasteiger charge is 2.17. The van der Waals surface area contributed by atoms with Crippen molar-refractivity contribution in [3.8, 4) is 0 Å². The lowest BCUT2D eigenvalue weighted by molar-refractivity contribution is 0.244. The molecular weight excluding hydrogens is 355 g/mol. The van der Waals surface area contributed by atoms with Gasteiger partial charge in [-0.1, -0.05) is 24.3 Å². The molecule has 1 aliphatic heterocycles. The maximum absolute atomic E-state index is 13.9. The standard InChI is InChI=1S/C22H25FN4O/c1-17-6-4-11-27-21(28)14-19(24-22(17)27)16-26-10-5-9-25(12-13-26)15-18-7-2-3-8-20(18)23/h2-4,6-8,11,14H,5,9-10,12-13,15-16H2,1H3. The molecule has 3 aromatic rings. The molecule has 0 N–H and O–H groups in total. The first kappa shape index (κ1) is 18.8. The van der Waals surface area contributed by atoms with E-state index < -0.39 is 0 Å². The summed E-state index contributed by atoms with van der Waals surface area (Å²) in [4.78, 5) is 21.8. The van der Waals surface area contributed by atoms with Gasteiger partial charge < -0.3 is 0 Å². The quantitative estimate of drug-likeness (QED) is 0.698. The summed E-state index contributed by atoms with van der Waals surface area (Å²) in [6, 6.07) is 12.5. The first-order valence-corrected chi connectivity index (χ1v) is 9.76. The van der Waals surface area contributed by atoms with E-state index in [2.05, 4.69) is 9.80 Å². The molecule has 2 aromatic heterocycles. The highest BCUT2D eigenvalue weighted by atomic mass is 19.1. The van der Waals surface area contributed by atoms with Gasteiger partial charge in [0.2, 0.25) is 0 Å². The Balaban J connectivity index is 1.44. The van der Waals surface area contributed by atoms with Gasteiger partial charge in [-0.15, -0.1) is 0 Å². The lowest BCUT2D eigenvalue weighted by Gasteiger charge is -2.22. The monoisotopic (exact) mass is 380 g/mol. The molecule has 1 aliphatic rings. The summed E-state index contributed by atoms with van der Waals surface area (Å²) in [5.74, 6) is -0.139. The van der Waals surface area contributed by atoms with E-state index in [1.54, 1.807) is 22.7 Å². The minimum absolute atomic E-state index is 0.0419. The number of benzene rings is 1. The molecule has 1 fully saturated rings. The van der Waals surface area contributed by atoms with Crippen molar-refractivity contribution in [2.45, 2.75) is 26.4 Å². The van der Waals surface area contributed by atoms with Gasteiger partial charge in [-0.2, -0.15) is 0 Å². The summed E-state index contributed by atoms with van der Waals surface area (Å²) in [6.45, 7) is 6.91. The van der Waals surface area contributed by atoms with Gasteiger partial charge in [0.25, 0.3) is 5.56 Å². The molecule has 0 saturated carbocycles. The zero-order valence-corrected chi connectivity index (χ0v) is 16.1. The minimum Gasteiger partial charge on any atom is -0.298 e. The lowest BCUT2D eigenvalue weighted by atomic mass is 10.2. The van der Waals surface area contributed by atoms with E-state index in [0.717, 1.165) is 55.1 Å². The molecule has 0 atom stereocenters. The Kier molecular flexibility index (Phi) is 5.50. The van der Waals surface area contributed by atoms with E-state index in [0.29, 0.717) is 13.1 Å². The summed E-state index contributed by atoms with van der Waals surface area (Å²) >= 11 is 0. The first-order valence-electron chi connectivity index (χ1n) is 9.76. The predicted molar refractivity (Wildman–Crippen MR) is 108 cm³/mol. The zero-order chi connectivity index (χ0) is 19.5. The maximum atomic E-state index is 13.9. The number of aromatic nitrogens is 2. The van der Waals surface area contributed by atoms with E-state index in [1.807, 2.05) is 31.2 Å². The molecule has 5 nitrogen and oxygen atoms in total. The molecular formula is C22H25FN4O. The largest absolute Gasteiger partial charge is 0.298 e. The molecule has 0 aliphatic carbocycles. The van der Waals surface area contributed by atoms with Gasteiger partial charge in [-0.05, 0) is 44.1 Å². The van der Waals surface area contributed by atoms with Crippen LogP contribution in [-0.2, 0) is 13.1 Å². The number of rotatable bonds is 4. The van der Waals surface area contributed by atoms with Gasteiger partial charge in [-0.25, -0.2) is 9.37 Å². The van der Waals surface area contributed by atoms with Crippen molar-refractivity contribution in [1.82, 2.24) is 19.2 Å². The molecule has 6 heteroatoms. The van der Waals surface area contributed by atoms with Crippen molar-refractivity contribution in [2.75, 3.05) is 26.2 Å². The normalized spacial score (nSPS) is 16.4. The number of fused-ring (bicyclic) bond motifs is 1. The SMILES string of the molecule is Cc1cccn2c(=O)cc(CN3CCCN(Cc4ccccc4F)CC3)nc12. The van der Waals surface area contributed by atoms with Crippen molar-refractivity contribution >= 4 is 5.65 Å². The van der Waals surface area contributed by atoms with Crippen LogP contribution in [0.1, 0.15) is 23.2 Å². The number of halogens is 1. The summed E-state index contributed by atoms with van der Waals surface area (Å²) in [5, 5.41) is 0. The Morgan fingerprint density at radius 1 is 1.00 bits per heavy atom. The summed E-state index contributed by atoms with van der Waals surface area (Å²) in [5.41, 5.74) is 3.23. The third kappa shape index (κ3) is 4.13. The highest BCUT2D eigenvalue weighted by Crippen LogP contribution is 2.14. The van der Waals surface area contributed by atoms with Crippen LogP contribution >= 0.6 is 0 Å². The van der Waals surface area contributed by atoms with Gasteiger partial charge in [0.15, 0.2) is 0 Å². The predicted octanol–water partition coefficient (Wildman–Crippen LogP) is 2.85. The van der Waals surface area contributed by atoms with Crippen LogP contribution in [0.2, 0.25) is 0 Å². The maximum Gasteiger partial charge on any atom is 0.258 e. The van der Waals surface area contributed by atoms with Gasteiger partial charge in [0.1, 0.15) is 11.5 Å². The fourth-order valence-electron chi connectivity index (χ4n) is 3.83. The van der Waals surface area contributed by atoms with E-state index in [-0.39, 0.29) is 11.4 Å². The lowest BCUT2D eigenvalue weighted by Crippen LogP contribution is -2.31. The molecule has 0 bridgehead atoms. The number of pyridine rings is 1. The van der Waals surface area contributed by atoms with Crippen LogP contribution in [0.25, 0.3) is 5.65 Å². The Bertz CT molecular complexity index is 1030. The Morgan fingerprint density at radius 3 is 2.54 bits per heavy atom. The van der Waals surface area contributed by atoms with Gasteiger partial charge in [-0.3, -0.25) is 19.0 Å². The van der Waals surface area contributed by atoms with Crippen LogP contribution in [0.5, 0.6) is 0 Å². The smallest absolute Gasteiger partial charge is 0.258 e. The van der Waals surface area contributed by atoms with Gasteiger partial charge in [0, 0.05) is 44.0 Å². The second kappa shape index (κ2) is 8.20. The van der Waals surface area contributed by atoms with E-state index >= 15 is 0 Å². The molecule has 4 rings (SSSR count). The highest BCUT2D eigenvalue weighted by molar-refractivity contribution is 5.46. The van der Waals surface area contributed by atoms with Crippen molar-refractivity contribution in [2.24, 2.45) is 0 Å². The molecule has 0 radical (unpaired) electrons. The summed E-state index contributed by atoms with van der Waals surface area (Å²) < 4.78 is 15.5. The van der Waals surface area contributed by atoms with Crippen LogP contribution in [0.15, 0.2) is 53.5 Å². The van der Waals surface area contributed by atoms with Crippen molar-refractivity contribution in [3.63, 3.8) is 0 Å². The number of hydrogen-bond donors (Lipinski definition) is 0. The van der Waals surface area contributed by atoms with E-state index in [9.17, 15) is 9.18 Å². The second-order valence-corrected chi connectivity index (χ2v) is 7.47. The van der Waals surface area contributed by atoms with Gasteiger partial charge >= 0.3 is 0 Å². The third-order valence-corrected chi connectivity index (χ3v) is 5.36. The number of nitrogens with zero attached hydrogens (tertiary/aromatic N) is 4. The molecule has 1 saturated heterocycles. The van der Waals surface area contributed by atoms with Crippen LogP contribution < -0.4 is 5.56 Å². The topological polar surface area (TPSA) is 40.9 Å². The molecule has 146 valence electrons. The van der Waals surface area contributed by atoms with E-state index in [1.165, 1.54) is 6.07 Å². The van der Waals surface area contributed by atoms with Crippen LogP contribution in [0.4, 0.5) is 4.39 Å². The van der Waals surface area contributed by atoms with Crippen molar-refractivity contribution in [1.29, 1.82) is 0 Å². The number of aryl methyl sites for hydroxylation is 1. The van der Waals surface area contributed by atoms with Gasteiger partial charge in [0.05, 0.1) is 5.69 Å². The Labute approximate surface area is 164 Å². The van der Waals surface area contributed by atoms with Crippen LogP contribution in [0, 0.1) is 12.7 Å². The van der Waals surface area contributed by atoms with E-state index in [4.69, 9.17) is 4.98 Å². The zero-order valence-electron chi connectivity index (χ0n) is 16.1. The average molecular weight is 380 g/mol. The third-order valence-electron chi connectivity index (χ3n) is 5.36.